The highest BCUT2D eigenvalue weighted by atomic mass is 35.5. The second-order valence-electron chi connectivity index (χ2n) is 3.91. The number of benzene rings is 1. The van der Waals surface area contributed by atoms with Crippen molar-refractivity contribution in [2.45, 2.75) is 0 Å². The normalized spacial score (nSPS) is 10.7. The number of aromatic amines is 1. The minimum atomic E-state index is -0.533. The molecule has 0 aliphatic heterocycles. The molecular weight excluding hydrogens is 282 g/mol. The zero-order valence-corrected chi connectivity index (χ0v) is 10.7. The van der Waals surface area contributed by atoms with Gasteiger partial charge < -0.3 is 10.1 Å². The number of rotatable bonds is 2. The predicted octanol–water partition coefficient (Wildman–Crippen LogP) is 1.96. The number of carbonyl (C=O) groups excluding carboxylic acids is 1. The second-order valence-corrected chi connectivity index (χ2v) is 4.27. The van der Waals surface area contributed by atoms with E-state index in [1.807, 2.05) is 0 Å². The highest BCUT2D eigenvalue weighted by molar-refractivity contribution is 6.33. The molecule has 0 atom stereocenters. The maximum absolute atomic E-state index is 12.0. The van der Waals surface area contributed by atoms with Crippen molar-refractivity contribution in [2.24, 2.45) is 0 Å². The molecule has 3 rings (SSSR count). The van der Waals surface area contributed by atoms with Crippen LogP contribution >= 0.6 is 11.6 Å². The molecule has 0 unspecified atom stereocenters. The molecule has 20 heavy (non-hydrogen) atoms. The van der Waals surface area contributed by atoms with E-state index in [4.69, 9.17) is 11.6 Å². The van der Waals surface area contributed by atoms with Crippen LogP contribution in [0.4, 0.5) is 5.95 Å². The summed E-state index contributed by atoms with van der Waals surface area (Å²) < 4.78 is 0. The molecule has 3 aromatic rings. The van der Waals surface area contributed by atoms with E-state index in [1.165, 1.54) is 18.5 Å². The Labute approximate surface area is 117 Å². The Kier molecular flexibility index (Phi) is 2.96. The third-order valence-electron chi connectivity index (χ3n) is 2.62. The van der Waals surface area contributed by atoms with Gasteiger partial charge in [-0.05, 0) is 12.1 Å². The number of halogens is 1. The Morgan fingerprint density at radius 2 is 2.10 bits per heavy atom. The lowest BCUT2D eigenvalue weighted by atomic mass is 10.2. The Hall–Kier alpha value is -2.67. The first kappa shape index (κ1) is 12.4. The van der Waals surface area contributed by atoms with E-state index in [0.29, 0.717) is 11.2 Å². The van der Waals surface area contributed by atoms with Crippen LogP contribution in [-0.4, -0.2) is 30.9 Å². The first-order chi connectivity index (χ1) is 9.65. The van der Waals surface area contributed by atoms with E-state index in [1.54, 1.807) is 12.1 Å². The van der Waals surface area contributed by atoms with Crippen LogP contribution in [0.15, 0.2) is 30.6 Å². The molecule has 0 fully saturated rings. The van der Waals surface area contributed by atoms with Gasteiger partial charge in [0.2, 0.25) is 5.95 Å². The Balaban J connectivity index is 1.93. The molecule has 8 heteroatoms. The number of carbonyl (C=O) groups is 1. The van der Waals surface area contributed by atoms with Crippen LogP contribution < -0.4 is 5.32 Å². The van der Waals surface area contributed by atoms with Gasteiger partial charge in [0.05, 0.1) is 11.9 Å². The summed E-state index contributed by atoms with van der Waals surface area (Å²) >= 11 is 5.94. The molecule has 2 heterocycles. The lowest BCUT2D eigenvalue weighted by Gasteiger charge is -2.05. The molecule has 1 aromatic carbocycles. The van der Waals surface area contributed by atoms with E-state index < -0.39 is 5.91 Å². The van der Waals surface area contributed by atoms with Gasteiger partial charge in [-0.1, -0.05) is 23.7 Å². The fraction of sp³-hybridized carbons (Fsp3) is 0. The fourth-order valence-electron chi connectivity index (χ4n) is 1.69. The second kappa shape index (κ2) is 4.78. The average molecular weight is 290 g/mol. The molecular formula is C12H8ClN5O2. The highest BCUT2D eigenvalue weighted by Crippen LogP contribution is 2.20. The topological polar surface area (TPSA) is 104 Å². The third kappa shape index (κ3) is 2.14. The zero-order chi connectivity index (χ0) is 14.1. The summed E-state index contributed by atoms with van der Waals surface area (Å²) in [4.78, 5) is 26.7. The predicted molar refractivity (Wildman–Crippen MR) is 72.8 cm³/mol. The molecule has 0 bridgehead atoms. The van der Waals surface area contributed by atoms with Gasteiger partial charge in [-0.15, -0.1) is 0 Å². The maximum Gasteiger partial charge on any atom is 0.261 e. The lowest BCUT2D eigenvalue weighted by molar-refractivity contribution is 0.102. The summed E-state index contributed by atoms with van der Waals surface area (Å²) in [5, 5.41) is 12.2. The number of H-pyrrole nitrogens is 1. The van der Waals surface area contributed by atoms with Crippen LogP contribution in [0, 0.1) is 0 Å². The number of imidazole rings is 1. The zero-order valence-electron chi connectivity index (χ0n) is 9.96. The number of amides is 1. The number of hydrogen-bond donors (Lipinski definition) is 3. The lowest BCUT2D eigenvalue weighted by Crippen LogP contribution is -2.14. The molecule has 0 aliphatic rings. The highest BCUT2D eigenvalue weighted by Gasteiger charge is 2.14. The van der Waals surface area contributed by atoms with Crippen molar-refractivity contribution < 1.29 is 9.90 Å². The minimum Gasteiger partial charge on any atom is -0.507 e. The van der Waals surface area contributed by atoms with E-state index >= 15 is 0 Å². The molecule has 0 saturated heterocycles. The van der Waals surface area contributed by atoms with Gasteiger partial charge in [0.15, 0.2) is 10.8 Å². The van der Waals surface area contributed by atoms with Crippen LogP contribution in [0.3, 0.4) is 0 Å². The summed E-state index contributed by atoms with van der Waals surface area (Å²) in [7, 11) is 0. The van der Waals surface area contributed by atoms with E-state index in [2.05, 4.69) is 25.3 Å². The number of hydrogen-bond acceptors (Lipinski definition) is 5. The molecule has 7 nitrogen and oxygen atoms in total. The maximum atomic E-state index is 12.0. The first-order valence-electron chi connectivity index (χ1n) is 5.61. The van der Waals surface area contributed by atoms with E-state index in [9.17, 15) is 9.90 Å². The minimum absolute atomic E-state index is 0.0165. The molecule has 3 N–H and O–H groups in total. The SMILES string of the molecule is O=C(Nc1nc(Cl)c2[nH]cnc2n1)c1ccccc1O. The summed E-state index contributed by atoms with van der Waals surface area (Å²) in [6.07, 6.45) is 1.43. The van der Waals surface area contributed by atoms with Gasteiger partial charge >= 0.3 is 0 Å². The van der Waals surface area contributed by atoms with Gasteiger partial charge in [-0.25, -0.2) is 4.98 Å². The van der Waals surface area contributed by atoms with Crippen molar-refractivity contribution in [1.29, 1.82) is 0 Å². The van der Waals surface area contributed by atoms with Gasteiger partial charge in [0.25, 0.3) is 5.91 Å². The number of nitrogens with one attached hydrogen (secondary N) is 2. The Bertz CT molecular complexity index is 801. The van der Waals surface area contributed by atoms with E-state index in [0.717, 1.165) is 0 Å². The number of aromatic hydroxyl groups is 1. The summed E-state index contributed by atoms with van der Waals surface area (Å²) in [6, 6.07) is 6.16. The van der Waals surface area contributed by atoms with Gasteiger partial charge in [-0.3, -0.25) is 10.1 Å². The third-order valence-corrected chi connectivity index (χ3v) is 2.89. The van der Waals surface area contributed by atoms with Crippen molar-refractivity contribution in [3.05, 3.63) is 41.3 Å². The molecule has 0 spiro atoms. The number of aromatic nitrogens is 4. The summed E-state index contributed by atoms with van der Waals surface area (Å²) in [5.74, 6) is -0.645. The number of phenols is 1. The summed E-state index contributed by atoms with van der Waals surface area (Å²) in [5.41, 5.74) is 0.958. The Morgan fingerprint density at radius 1 is 1.30 bits per heavy atom. The van der Waals surface area contributed by atoms with Crippen LogP contribution in [0.5, 0.6) is 5.75 Å². The largest absolute Gasteiger partial charge is 0.507 e. The molecule has 0 saturated carbocycles. The van der Waals surface area contributed by atoms with Crippen LogP contribution in [-0.2, 0) is 0 Å². The van der Waals surface area contributed by atoms with Crippen LogP contribution in [0.25, 0.3) is 11.2 Å². The number of anilines is 1. The van der Waals surface area contributed by atoms with Crippen molar-refractivity contribution in [3.63, 3.8) is 0 Å². The molecule has 0 radical (unpaired) electrons. The molecule has 100 valence electrons. The van der Waals surface area contributed by atoms with Crippen molar-refractivity contribution in [2.75, 3.05) is 5.32 Å². The molecule has 2 aromatic heterocycles. The summed E-state index contributed by atoms with van der Waals surface area (Å²) in [6.45, 7) is 0. The number of para-hydroxylation sites is 1. The molecule has 1 amide bonds. The van der Waals surface area contributed by atoms with Crippen molar-refractivity contribution in [3.8, 4) is 5.75 Å². The van der Waals surface area contributed by atoms with Gasteiger partial charge in [0.1, 0.15) is 11.3 Å². The monoisotopic (exact) mass is 289 g/mol. The standard InChI is InChI=1S/C12H8ClN5O2/c13-9-8-10(15-5-14-8)17-12(16-9)18-11(20)6-3-1-2-4-7(6)19/h1-5,19H,(H2,14,15,16,17,18,20). The van der Waals surface area contributed by atoms with Gasteiger partial charge in [-0.2, -0.15) is 9.97 Å². The van der Waals surface area contributed by atoms with E-state index in [-0.39, 0.29) is 22.4 Å². The van der Waals surface area contributed by atoms with Crippen LogP contribution in [0.2, 0.25) is 5.15 Å². The number of fused-ring (bicyclic) bond motifs is 1. The Morgan fingerprint density at radius 3 is 2.90 bits per heavy atom. The fourth-order valence-corrected chi connectivity index (χ4v) is 1.91. The van der Waals surface area contributed by atoms with Gasteiger partial charge in [0, 0.05) is 0 Å². The smallest absolute Gasteiger partial charge is 0.261 e. The number of nitrogens with zero attached hydrogens (tertiary/aromatic N) is 3. The van der Waals surface area contributed by atoms with Crippen molar-refractivity contribution >= 4 is 34.6 Å². The van der Waals surface area contributed by atoms with Crippen LogP contribution in [0.1, 0.15) is 10.4 Å². The molecule has 0 aliphatic carbocycles. The van der Waals surface area contributed by atoms with Crippen molar-refractivity contribution in [1.82, 2.24) is 19.9 Å². The first-order valence-corrected chi connectivity index (χ1v) is 5.99. The quantitative estimate of drug-likeness (QED) is 0.626. The average Bonchev–Trinajstić information content (AvgIpc) is 2.88. The number of phenolic OH excluding ortho intramolecular Hbond substituents is 1.